The number of hydrogen-bond acceptors (Lipinski definition) is 5. The summed E-state index contributed by atoms with van der Waals surface area (Å²) in [5.74, 6) is 1.31. The standard InChI is InChI=1S/C23H30N2O5S/c1-17-5-9-22(18(2)15-17)31(27,28)25-13-11-24(12-14-25)23(26)10-7-19-6-8-20(29-3)21(16-19)30-4/h5-6,8-9,15-16H,7,10-14H2,1-4H3. The summed E-state index contributed by atoms with van der Waals surface area (Å²) in [5.41, 5.74) is 2.76. The van der Waals surface area contributed by atoms with Crippen molar-refractivity contribution in [3.05, 3.63) is 53.1 Å². The molecule has 1 amide bonds. The van der Waals surface area contributed by atoms with E-state index in [4.69, 9.17) is 9.47 Å². The Morgan fingerprint density at radius 3 is 2.23 bits per heavy atom. The Labute approximate surface area is 184 Å². The Hall–Kier alpha value is -2.58. The molecule has 1 aliphatic rings. The highest BCUT2D eigenvalue weighted by molar-refractivity contribution is 7.89. The van der Waals surface area contributed by atoms with E-state index in [-0.39, 0.29) is 5.91 Å². The molecule has 0 radical (unpaired) electrons. The summed E-state index contributed by atoms with van der Waals surface area (Å²) in [7, 11) is -0.392. The summed E-state index contributed by atoms with van der Waals surface area (Å²) in [6.45, 7) is 5.16. The molecule has 0 atom stereocenters. The van der Waals surface area contributed by atoms with Crippen LogP contribution in [-0.2, 0) is 21.2 Å². The van der Waals surface area contributed by atoms with Crippen LogP contribution in [0.15, 0.2) is 41.3 Å². The predicted octanol–water partition coefficient (Wildman–Crippen LogP) is 2.79. The zero-order valence-electron chi connectivity index (χ0n) is 18.6. The van der Waals surface area contributed by atoms with Gasteiger partial charge in [-0.25, -0.2) is 8.42 Å². The van der Waals surface area contributed by atoms with E-state index in [1.165, 1.54) is 4.31 Å². The van der Waals surface area contributed by atoms with Crippen LogP contribution in [0.4, 0.5) is 0 Å². The van der Waals surface area contributed by atoms with Crippen molar-refractivity contribution in [2.45, 2.75) is 31.6 Å². The first-order valence-corrected chi connectivity index (χ1v) is 11.8. The van der Waals surface area contributed by atoms with E-state index in [2.05, 4.69) is 0 Å². The molecular formula is C23H30N2O5S. The maximum absolute atomic E-state index is 13.0. The van der Waals surface area contributed by atoms with Crippen molar-refractivity contribution >= 4 is 15.9 Å². The zero-order valence-corrected chi connectivity index (χ0v) is 19.4. The van der Waals surface area contributed by atoms with Gasteiger partial charge in [0, 0.05) is 32.6 Å². The number of benzene rings is 2. The molecule has 0 unspecified atom stereocenters. The molecule has 0 aromatic heterocycles. The minimum atomic E-state index is -3.56. The summed E-state index contributed by atoms with van der Waals surface area (Å²) in [4.78, 5) is 14.8. The largest absolute Gasteiger partial charge is 0.493 e. The topological polar surface area (TPSA) is 76.2 Å². The summed E-state index contributed by atoms with van der Waals surface area (Å²) in [5, 5.41) is 0. The van der Waals surface area contributed by atoms with Gasteiger partial charge in [-0.3, -0.25) is 4.79 Å². The Morgan fingerprint density at radius 1 is 0.935 bits per heavy atom. The molecule has 0 saturated carbocycles. The highest BCUT2D eigenvalue weighted by Crippen LogP contribution is 2.28. The van der Waals surface area contributed by atoms with Crippen LogP contribution in [0.2, 0.25) is 0 Å². The number of piperazine rings is 1. The van der Waals surface area contributed by atoms with Crippen molar-refractivity contribution in [3.63, 3.8) is 0 Å². The van der Waals surface area contributed by atoms with Crippen LogP contribution in [0.1, 0.15) is 23.1 Å². The van der Waals surface area contributed by atoms with Gasteiger partial charge in [-0.15, -0.1) is 0 Å². The highest BCUT2D eigenvalue weighted by Gasteiger charge is 2.30. The molecule has 3 rings (SSSR count). The van der Waals surface area contributed by atoms with Crippen molar-refractivity contribution in [1.82, 2.24) is 9.21 Å². The maximum atomic E-state index is 13.0. The number of aryl methyl sites for hydroxylation is 3. The van der Waals surface area contributed by atoms with Gasteiger partial charge in [0.05, 0.1) is 19.1 Å². The molecular weight excluding hydrogens is 416 g/mol. The third-order valence-corrected chi connectivity index (χ3v) is 7.67. The summed E-state index contributed by atoms with van der Waals surface area (Å²) in [6, 6.07) is 11.0. The SMILES string of the molecule is COc1ccc(CCC(=O)N2CCN(S(=O)(=O)c3ccc(C)cc3C)CC2)cc1OC. The van der Waals surface area contributed by atoms with Crippen molar-refractivity contribution in [2.75, 3.05) is 40.4 Å². The van der Waals surface area contributed by atoms with Crippen LogP contribution in [-0.4, -0.2) is 63.9 Å². The van der Waals surface area contributed by atoms with Crippen molar-refractivity contribution in [3.8, 4) is 11.5 Å². The van der Waals surface area contributed by atoms with Crippen LogP contribution in [0.5, 0.6) is 11.5 Å². The van der Waals surface area contributed by atoms with Gasteiger partial charge in [0.2, 0.25) is 15.9 Å². The first-order valence-electron chi connectivity index (χ1n) is 10.3. The quantitative estimate of drug-likeness (QED) is 0.654. The van der Waals surface area contributed by atoms with E-state index in [1.54, 1.807) is 25.2 Å². The molecule has 1 aliphatic heterocycles. The van der Waals surface area contributed by atoms with Gasteiger partial charge < -0.3 is 14.4 Å². The van der Waals surface area contributed by atoms with E-state index >= 15 is 0 Å². The predicted molar refractivity (Wildman–Crippen MR) is 119 cm³/mol. The molecule has 2 aromatic rings. The first-order chi connectivity index (χ1) is 14.8. The number of carbonyl (C=O) groups is 1. The fourth-order valence-corrected chi connectivity index (χ4v) is 5.48. The van der Waals surface area contributed by atoms with Gasteiger partial charge >= 0.3 is 0 Å². The highest BCUT2D eigenvalue weighted by atomic mass is 32.2. The summed E-state index contributed by atoms with van der Waals surface area (Å²) < 4.78 is 38.1. The minimum Gasteiger partial charge on any atom is -0.493 e. The van der Waals surface area contributed by atoms with Gasteiger partial charge in [-0.05, 0) is 49.6 Å². The second-order valence-corrected chi connectivity index (χ2v) is 9.65. The van der Waals surface area contributed by atoms with E-state index in [0.29, 0.717) is 55.4 Å². The molecule has 8 heteroatoms. The van der Waals surface area contributed by atoms with Gasteiger partial charge in [0.1, 0.15) is 0 Å². The van der Waals surface area contributed by atoms with Crippen LogP contribution in [0, 0.1) is 13.8 Å². The number of methoxy groups -OCH3 is 2. The number of ether oxygens (including phenoxy) is 2. The van der Waals surface area contributed by atoms with Crippen LogP contribution >= 0.6 is 0 Å². The van der Waals surface area contributed by atoms with Crippen molar-refractivity contribution in [1.29, 1.82) is 0 Å². The average Bonchev–Trinajstić information content (AvgIpc) is 2.77. The number of carbonyl (C=O) groups excluding carboxylic acids is 1. The first kappa shape index (κ1) is 23.1. The lowest BCUT2D eigenvalue weighted by Gasteiger charge is -2.34. The minimum absolute atomic E-state index is 0.0262. The fraction of sp³-hybridized carbons (Fsp3) is 0.435. The normalized spacial score (nSPS) is 15.0. The van der Waals surface area contributed by atoms with Gasteiger partial charge in [-0.1, -0.05) is 23.8 Å². The third-order valence-electron chi connectivity index (χ3n) is 5.62. The lowest BCUT2D eigenvalue weighted by atomic mass is 10.1. The van der Waals surface area contributed by atoms with Gasteiger partial charge in [0.15, 0.2) is 11.5 Å². The lowest BCUT2D eigenvalue weighted by Crippen LogP contribution is -2.50. The van der Waals surface area contributed by atoms with Crippen molar-refractivity contribution in [2.24, 2.45) is 0 Å². The average molecular weight is 447 g/mol. The number of hydrogen-bond donors (Lipinski definition) is 0. The fourth-order valence-electron chi connectivity index (χ4n) is 3.85. The van der Waals surface area contributed by atoms with E-state index in [0.717, 1.165) is 16.7 Å². The third kappa shape index (κ3) is 5.19. The van der Waals surface area contributed by atoms with Gasteiger partial charge in [0.25, 0.3) is 0 Å². The Balaban J connectivity index is 1.57. The zero-order chi connectivity index (χ0) is 22.6. The Kier molecular flexibility index (Phi) is 7.23. The molecule has 1 fully saturated rings. The molecule has 1 heterocycles. The van der Waals surface area contributed by atoms with Gasteiger partial charge in [-0.2, -0.15) is 4.31 Å². The molecule has 0 aliphatic carbocycles. The summed E-state index contributed by atoms with van der Waals surface area (Å²) in [6.07, 6.45) is 0.944. The molecule has 31 heavy (non-hydrogen) atoms. The lowest BCUT2D eigenvalue weighted by molar-refractivity contribution is -0.132. The van der Waals surface area contributed by atoms with Crippen LogP contribution in [0.25, 0.3) is 0 Å². The number of rotatable bonds is 7. The number of amides is 1. The van der Waals surface area contributed by atoms with E-state index < -0.39 is 10.0 Å². The Bertz CT molecular complexity index is 1040. The van der Waals surface area contributed by atoms with Crippen molar-refractivity contribution < 1.29 is 22.7 Å². The van der Waals surface area contributed by atoms with Crippen LogP contribution < -0.4 is 9.47 Å². The number of sulfonamides is 1. The molecule has 168 valence electrons. The molecule has 2 aromatic carbocycles. The van der Waals surface area contributed by atoms with Crippen LogP contribution in [0.3, 0.4) is 0 Å². The number of nitrogens with zero attached hydrogens (tertiary/aromatic N) is 2. The second-order valence-electron chi connectivity index (χ2n) is 7.74. The monoisotopic (exact) mass is 446 g/mol. The van der Waals surface area contributed by atoms with E-state index in [9.17, 15) is 13.2 Å². The summed E-state index contributed by atoms with van der Waals surface area (Å²) >= 11 is 0. The Morgan fingerprint density at radius 2 is 1.61 bits per heavy atom. The maximum Gasteiger partial charge on any atom is 0.243 e. The molecule has 7 nitrogen and oxygen atoms in total. The molecule has 0 bridgehead atoms. The van der Waals surface area contributed by atoms with E-state index in [1.807, 2.05) is 44.2 Å². The second kappa shape index (κ2) is 9.70. The smallest absolute Gasteiger partial charge is 0.243 e. The molecule has 0 N–H and O–H groups in total. The molecule has 1 saturated heterocycles. The molecule has 0 spiro atoms.